The fraction of sp³-hybridized carbons (Fsp3) is 0.0769. The molecule has 3 rings (SSSR count). The van der Waals surface area contributed by atoms with Gasteiger partial charge in [0.1, 0.15) is 5.82 Å². The molecule has 1 N–H and O–H groups in total. The average Bonchev–Trinajstić information content (AvgIpc) is 2.89. The molecule has 84 valence electrons. The Labute approximate surface area is 103 Å². The van der Waals surface area contributed by atoms with Crippen molar-refractivity contribution in [2.75, 3.05) is 5.32 Å². The number of rotatable bonds is 3. The third-order valence-corrected chi connectivity index (χ3v) is 3.23. The summed E-state index contributed by atoms with van der Waals surface area (Å²) >= 11 is 1.70. The van der Waals surface area contributed by atoms with Crippen LogP contribution in [0.4, 0.5) is 5.82 Å². The van der Waals surface area contributed by atoms with Gasteiger partial charge in [-0.15, -0.1) is 0 Å². The third kappa shape index (κ3) is 2.26. The topological polar surface area (TPSA) is 37.8 Å². The van der Waals surface area contributed by atoms with Crippen LogP contribution in [0.3, 0.4) is 0 Å². The molecule has 0 spiro atoms. The van der Waals surface area contributed by atoms with Gasteiger partial charge in [0, 0.05) is 6.54 Å². The summed E-state index contributed by atoms with van der Waals surface area (Å²) in [5.41, 5.74) is 3.11. The van der Waals surface area contributed by atoms with E-state index in [1.165, 1.54) is 5.56 Å². The Kier molecular flexibility index (Phi) is 2.71. The number of nitrogens with one attached hydrogen (secondary N) is 1. The van der Waals surface area contributed by atoms with Gasteiger partial charge in [0.15, 0.2) is 0 Å². The van der Waals surface area contributed by atoms with E-state index in [0.29, 0.717) is 0 Å². The summed E-state index contributed by atoms with van der Waals surface area (Å²) in [5.74, 6) is 0.815. The van der Waals surface area contributed by atoms with Gasteiger partial charge in [-0.1, -0.05) is 12.1 Å². The van der Waals surface area contributed by atoms with Crippen LogP contribution in [-0.2, 0) is 6.54 Å². The van der Waals surface area contributed by atoms with E-state index in [2.05, 4.69) is 32.1 Å². The zero-order valence-electron chi connectivity index (χ0n) is 9.13. The van der Waals surface area contributed by atoms with Gasteiger partial charge in [0.25, 0.3) is 0 Å². The summed E-state index contributed by atoms with van der Waals surface area (Å²) in [4.78, 5) is 8.86. The maximum atomic E-state index is 4.50. The number of fused-ring (bicyclic) bond motifs is 1. The minimum absolute atomic E-state index is 0.788. The molecule has 0 aliphatic rings. The fourth-order valence-corrected chi connectivity index (χ4v) is 2.30. The van der Waals surface area contributed by atoms with Crippen molar-refractivity contribution in [2.45, 2.75) is 6.54 Å². The van der Waals surface area contributed by atoms with Gasteiger partial charge in [0.2, 0.25) is 0 Å². The van der Waals surface area contributed by atoms with Crippen molar-refractivity contribution >= 4 is 28.2 Å². The number of nitrogens with zero attached hydrogens (tertiary/aromatic N) is 2. The second-order valence-electron chi connectivity index (χ2n) is 3.73. The SMILES string of the molecule is c1ccc2nc(NCc3ccsc3)cnc2c1. The molecule has 0 saturated carbocycles. The smallest absolute Gasteiger partial charge is 0.145 e. The molecule has 0 aliphatic carbocycles. The summed E-state index contributed by atoms with van der Waals surface area (Å²) in [6.07, 6.45) is 1.77. The third-order valence-electron chi connectivity index (χ3n) is 2.50. The van der Waals surface area contributed by atoms with Gasteiger partial charge >= 0.3 is 0 Å². The normalized spacial score (nSPS) is 10.6. The summed E-state index contributed by atoms with van der Waals surface area (Å²) in [6, 6.07) is 9.98. The number of anilines is 1. The molecule has 2 heterocycles. The largest absolute Gasteiger partial charge is 0.365 e. The summed E-state index contributed by atoms with van der Waals surface area (Å²) in [7, 11) is 0. The van der Waals surface area contributed by atoms with Crippen LogP contribution in [0.1, 0.15) is 5.56 Å². The molecular formula is C13H11N3S. The van der Waals surface area contributed by atoms with Crippen LogP contribution in [0, 0.1) is 0 Å². The van der Waals surface area contributed by atoms with Crippen molar-refractivity contribution < 1.29 is 0 Å². The van der Waals surface area contributed by atoms with Crippen LogP contribution >= 0.6 is 11.3 Å². The van der Waals surface area contributed by atoms with Gasteiger partial charge < -0.3 is 5.32 Å². The van der Waals surface area contributed by atoms with Crippen LogP contribution in [0.2, 0.25) is 0 Å². The molecule has 17 heavy (non-hydrogen) atoms. The van der Waals surface area contributed by atoms with E-state index in [0.717, 1.165) is 23.4 Å². The number of thiophene rings is 1. The number of hydrogen-bond acceptors (Lipinski definition) is 4. The highest BCUT2D eigenvalue weighted by Crippen LogP contribution is 2.13. The lowest BCUT2D eigenvalue weighted by Gasteiger charge is -2.04. The monoisotopic (exact) mass is 241 g/mol. The van der Waals surface area contributed by atoms with E-state index in [1.54, 1.807) is 17.5 Å². The molecule has 0 aliphatic heterocycles. The van der Waals surface area contributed by atoms with Crippen molar-refractivity contribution in [1.29, 1.82) is 0 Å². The Morgan fingerprint density at radius 3 is 2.82 bits per heavy atom. The Hall–Kier alpha value is -1.94. The molecule has 0 amide bonds. The number of hydrogen-bond donors (Lipinski definition) is 1. The van der Waals surface area contributed by atoms with Gasteiger partial charge in [-0.05, 0) is 34.5 Å². The molecular weight excluding hydrogens is 230 g/mol. The van der Waals surface area contributed by atoms with E-state index < -0.39 is 0 Å². The van der Waals surface area contributed by atoms with Crippen LogP contribution in [-0.4, -0.2) is 9.97 Å². The van der Waals surface area contributed by atoms with E-state index in [4.69, 9.17) is 0 Å². The zero-order chi connectivity index (χ0) is 11.5. The lowest BCUT2D eigenvalue weighted by atomic mass is 10.3. The molecule has 2 aromatic heterocycles. The zero-order valence-corrected chi connectivity index (χ0v) is 9.95. The van der Waals surface area contributed by atoms with Crippen LogP contribution in [0.15, 0.2) is 47.3 Å². The molecule has 0 fully saturated rings. The van der Waals surface area contributed by atoms with E-state index in [-0.39, 0.29) is 0 Å². The van der Waals surface area contributed by atoms with Crippen LogP contribution < -0.4 is 5.32 Å². The summed E-state index contributed by atoms with van der Waals surface area (Å²) in [6.45, 7) is 0.788. The Morgan fingerprint density at radius 2 is 2.00 bits per heavy atom. The first-order valence-electron chi connectivity index (χ1n) is 5.38. The number of aromatic nitrogens is 2. The van der Waals surface area contributed by atoms with Gasteiger partial charge in [0.05, 0.1) is 17.2 Å². The van der Waals surface area contributed by atoms with Crippen molar-refractivity contribution in [1.82, 2.24) is 9.97 Å². The maximum absolute atomic E-state index is 4.50. The molecule has 0 bridgehead atoms. The predicted octanol–water partition coefficient (Wildman–Crippen LogP) is 3.30. The first-order valence-corrected chi connectivity index (χ1v) is 6.33. The molecule has 0 atom stereocenters. The molecule has 0 radical (unpaired) electrons. The van der Waals surface area contributed by atoms with E-state index in [9.17, 15) is 0 Å². The second kappa shape index (κ2) is 4.51. The standard InChI is InChI=1S/C13H11N3S/c1-2-4-12-11(3-1)14-8-13(16-12)15-7-10-5-6-17-9-10/h1-6,8-9H,7H2,(H,15,16). The van der Waals surface area contributed by atoms with Crippen molar-refractivity contribution in [3.8, 4) is 0 Å². The lowest BCUT2D eigenvalue weighted by molar-refractivity contribution is 1.12. The molecule has 0 unspecified atom stereocenters. The maximum Gasteiger partial charge on any atom is 0.145 e. The summed E-state index contributed by atoms with van der Waals surface area (Å²) < 4.78 is 0. The molecule has 3 aromatic rings. The highest BCUT2D eigenvalue weighted by molar-refractivity contribution is 7.07. The number of benzene rings is 1. The minimum Gasteiger partial charge on any atom is -0.365 e. The first-order chi connectivity index (χ1) is 8.42. The quantitative estimate of drug-likeness (QED) is 0.764. The van der Waals surface area contributed by atoms with E-state index >= 15 is 0 Å². The Morgan fingerprint density at radius 1 is 1.12 bits per heavy atom. The first kappa shape index (κ1) is 10.2. The molecule has 4 heteroatoms. The molecule has 3 nitrogen and oxygen atoms in total. The Balaban J connectivity index is 1.81. The summed E-state index contributed by atoms with van der Waals surface area (Å²) in [5, 5.41) is 7.47. The van der Waals surface area contributed by atoms with Gasteiger partial charge in [-0.2, -0.15) is 11.3 Å². The highest BCUT2D eigenvalue weighted by Gasteiger charge is 1.99. The molecule has 0 saturated heterocycles. The van der Waals surface area contributed by atoms with Gasteiger partial charge in [-0.25, -0.2) is 4.98 Å². The van der Waals surface area contributed by atoms with Crippen LogP contribution in [0.25, 0.3) is 11.0 Å². The lowest BCUT2D eigenvalue weighted by Crippen LogP contribution is -2.01. The predicted molar refractivity (Wildman–Crippen MR) is 71.2 cm³/mol. The van der Waals surface area contributed by atoms with Crippen molar-refractivity contribution in [3.05, 3.63) is 52.9 Å². The molecule has 1 aromatic carbocycles. The second-order valence-corrected chi connectivity index (χ2v) is 4.51. The number of para-hydroxylation sites is 2. The van der Waals surface area contributed by atoms with Crippen molar-refractivity contribution in [2.24, 2.45) is 0 Å². The fourth-order valence-electron chi connectivity index (χ4n) is 1.63. The van der Waals surface area contributed by atoms with Gasteiger partial charge in [-0.3, -0.25) is 4.98 Å². The van der Waals surface area contributed by atoms with Crippen molar-refractivity contribution in [3.63, 3.8) is 0 Å². The highest BCUT2D eigenvalue weighted by atomic mass is 32.1. The average molecular weight is 241 g/mol. The minimum atomic E-state index is 0.788. The van der Waals surface area contributed by atoms with E-state index in [1.807, 2.05) is 24.3 Å². The van der Waals surface area contributed by atoms with Crippen LogP contribution in [0.5, 0.6) is 0 Å². The Bertz CT molecular complexity index is 619.